The van der Waals surface area contributed by atoms with Crippen molar-refractivity contribution in [2.75, 3.05) is 18.4 Å². The summed E-state index contributed by atoms with van der Waals surface area (Å²) in [6.45, 7) is 4.25. The normalized spacial score (nSPS) is 22.4. The average molecular weight is 269 g/mol. The second-order valence-electron chi connectivity index (χ2n) is 5.46. The van der Waals surface area contributed by atoms with Gasteiger partial charge in [0.15, 0.2) is 5.82 Å². The first-order valence-electron chi connectivity index (χ1n) is 6.97. The van der Waals surface area contributed by atoms with Crippen molar-refractivity contribution in [1.29, 1.82) is 0 Å². The number of piperidine rings is 1. The van der Waals surface area contributed by atoms with Crippen LogP contribution in [0.15, 0.2) is 36.9 Å². The third-order valence-electron chi connectivity index (χ3n) is 3.65. The summed E-state index contributed by atoms with van der Waals surface area (Å²) in [5.74, 6) is 0.826. The van der Waals surface area contributed by atoms with E-state index >= 15 is 0 Å². The Morgan fingerprint density at radius 3 is 2.90 bits per heavy atom. The number of nitrogens with one attached hydrogen (secondary N) is 2. The Kier molecular flexibility index (Phi) is 3.60. The molecular formula is C15H19N5. The number of hydrogen-bond donors (Lipinski definition) is 2. The molecule has 2 aromatic rings. The molecule has 0 bridgehead atoms. The summed E-state index contributed by atoms with van der Waals surface area (Å²) < 4.78 is 0. The van der Waals surface area contributed by atoms with Crippen molar-refractivity contribution in [1.82, 2.24) is 20.3 Å². The lowest BCUT2D eigenvalue weighted by atomic mass is 9.92. The summed E-state index contributed by atoms with van der Waals surface area (Å²) >= 11 is 0. The van der Waals surface area contributed by atoms with Crippen molar-refractivity contribution in [2.45, 2.75) is 25.3 Å². The van der Waals surface area contributed by atoms with Gasteiger partial charge in [0.25, 0.3) is 0 Å². The van der Waals surface area contributed by atoms with E-state index in [1.54, 1.807) is 18.6 Å². The van der Waals surface area contributed by atoms with Crippen LogP contribution in [0.1, 0.15) is 19.8 Å². The van der Waals surface area contributed by atoms with E-state index in [4.69, 9.17) is 0 Å². The van der Waals surface area contributed by atoms with Crippen LogP contribution in [-0.2, 0) is 0 Å². The van der Waals surface area contributed by atoms with Crippen molar-refractivity contribution in [3.05, 3.63) is 36.9 Å². The molecule has 3 heterocycles. The Balaban J connectivity index is 1.90. The van der Waals surface area contributed by atoms with Gasteiger partial charge in [0, 0.05) is 42.4 Å². The monoisotopic (exact) mass is 269 g/mol. The van der Waals surface area contributed by atoms with Gasteiger partial charge in [-0.25, -0.2) is 4.98 Å². The molecule has 5 heteroatoms. The Morgan fingerprint density at radius 2 is 2.15 bits per heavy atom. The molecule has 1 aliphatic rings. The Bertz CT molecular complexity index is 563. The molecule has 5 nitrogen and oxygen atoms in total. The van der Waals surface area contributed by atoms with E-state index in [2.05, 4.69) is 32.5 Å². The predicted octanol–water partition coefficient (Wildman–Crippen LogP) is 2.09. The number of hydrogen-bond acceptors (Lipinski definition) is 5. The molecule has 1 atom stereocenters. The molecule has 0 aliphatic carbocycles. The molecule has 1 unspecified atom stereocenters. The van der Waals surface area contributed by atoms with Crippen LogP contribution in [0.25, 0.3) is 11.3 Å². The van der Waals surface area contributed by atoms with Crippen molar-refractivity contribution in [3.63, 3.8) is 0 Å². The lowest BCUT2D eigenvalue weighted by molar-refractivity contribution is 0.368. The fourth-order valence-electron chi connectivity index (χ4n) is 2.59. The molecule has 1 saturated heterocycles. The molecule has 2 N–H and O–H groups in total. The maximum absolute atomic E-state index is 4.47. The van der Waals surface area contributed by atoms with Crippen LogP contribution in [0, 0.1) is 0 Å². The largest absolute Gasteiger partial charge is 0.362 e. The fourth-order valence-corrected chi connectivity index (χ4v) is 2.59. The number of aromatic nitrogens is 3. The van der Waals surface area contributed by atoms with E-state index in [1.807, 2.05) is 18.3 Å². The van der Waals surface area contributed by atoms with Crippen LogP contribution >= 0.6 is 0 Å². The van der Waals surface area contributed by atoms with Crippen LogP contribution in [0.3, 0.4) is 0 Å². The minimum absolute atomic E-state index is 0.0191. The summed E-state index contributed by atoms with van der Waals surface area (Å²) in [5, 5.41) is 6.99. The maximum atomic E-state index is 4.47. The van der Waals surface area contributed by atoms with Crippen molar-refractivity contribution >= 4 is 5.82 Å². The number of rotatable bonds is 3. The summed E-state index contributed by atoms with van der Waals surface area (Å²) in [4.78, 5) is 13.1. The maximum Gasteiger partial charge on any atom is 0.153 e. The van der Waals surface area contributed by atoms with Crippen molar-refractivity contribution in [2.24, 2.45) is 0 Å². The molecule has 0 radical (unpaired) electrons. The van der Waals surface area contributed by atoms with Crippen molar-refractivity contribution in [3.8, 4) is 11.3 Å². The van der Waals surface area contributed by atoms with Gasteiger partial charge in [-0.3, -0.25) is 9.97 Å². The van der Waals surface area contributed by atoms with Crippen LogP contribution in [0.4, 0.5) is 5.82 Å². The number of anilines is 1. The highest BCUT2D eigenvalue weighted by Gasteiger charge is 2.27. The molecule has 1 fully saturated rings. The Labute approximate surface area is 118 Å². The molecule has 104 valence electrons. The first kappa shape index (κ1) is 13.0. The molecule has 0 saturated carbocycles. The Morgan fingerprint density at radius 1 is 1.25 bits per heavy atom. The van der Waals surface area contributed by atoms with Gasteiger partial charge in [-0.15, -0.1) is 0 Å². The molecule has 3 rings (SSSR count). The molecular weight excluding hydrogens is 250 g/mol. The lowest BCUT2D eigenvalue weighted by Crippen LogP contribution is -2.49. The lowest BCUT2D eigenvalue weighted by Gasteiger charge is -2.35. The van der Waals surface area contributed by atoms with Gasteiger partial charge in [-0.1, -0.05) is 0 Å². The summed E-state index contributed by atoms with van der Waals surface area (Å²) in [5.41, 5.74) is 1.86. The summed E-state index contributed by atoms with van der Waals surface area (Å²) in [7, 11) is 0. The minimum atomic E-state index is 0.0191. The molecule has 0 spiro atoms. The van der Waals surface area contributed by atoms with Gasteiger partial charge in [0.2, 0.25) is 0 Å². The van der Waals surface area contributed by atoms with Crippen molar-refractivity contribution < 1.29 is 0 Å². The van der Waals surface area contributed by atoms with Gasteiger partial charge in [-0.2, -0.15) is 0 Å². The second kappa shape index (κ2) is 5.54. The average Bonchev–Trinajstić information content (AvgIpc) is 2.49. The molecule has 0 aromatic carbocycles. The predicted molar refractivity (Wildman–Crippen MR) is 79.4 cm³/mol. The molecule has 20 heavy (non-hydrogen) atoms. The SMILES string of the molecule is CC1(Nc2nccnc2-c2cccnc2)CCCNC1. The highest BCUT2D eigenvalue weighted by molar-refractivity contribution is 5.70. The highest BCUT2D eigenvalue weighted by atomic mass is 15.1. The second-order valence-corrected chi connectivity index (χ2v) is 5.46. The highest BCUT2D eigenvalue weighted by Crippen LogP contribution is 2.27. The zero-order valence-corrected chi connectivity index (χ0v) is 11.6. The zero-order valence-electron chi connectivity index (χ0n) is 11.6. The minimum Gasteiger partial charge on any atom is -0.362 e. The fraction of sp³-hybridized carbons (Fsp3) is 0.400. The summed E-state index contributed by atoms with van der Waals surface area (Å²) in [6, 6.07) is 3.92. The first-order chi connectivity index (χ1) is 9.77. The molecule has 1 aliphatic heterocycles. The van der Waals surface area contributed by atoms with E-state index in [0.717, 1.165) is 36.6 Å². The topological polar surface area (TPSA) is 62.7 Å². The Hall–Kier alpha value is -2.01. The van der Waals surface area contributed by atoms with Crippen LogP contribution < -0.4 is 10.6 Å². The standard InChI is InChI=1S/C15H19N5/c1-15(5-3-7-17-11-15)20-14-13(18-8-9-19-14)12-4-2-6-16-10-12/h2,4,6,8-10,17H,3,5,7,11H2,1H3,(H,19,20). The van der Waals surface area contributed by atoms with Gasteiger partial charge < -0.3 is 10.6 Å². The first-order valence-corrected chi connectivity index (χ1v) is 6.97. The smallest absolute Gasteiger partial charge is 0.153 e. The van der Waals surface area contributed by atoms with Gasteiger partial charge in [-0.05, 0) is 38.4 Å². The van der Waals surface area contributed by atoms with Crippen LogP contribution in [0.5, 0.6) is 0 Å². The van der Waals surface area contributed by atoms with E-state index in [-0.39, 0.29) is 5.54 Å². The summed E-state index contributed by atoms with van der Waals surface area (Å²) in [6.07, 6.45) is 9.32. The molecule has 0 amide bonds. The van der Waals surface area contributed by atoms with Gasteiger partial charge in [0.05, 0.1) is 0 Å². The van der Waals surface area contributed by atoms with E-state index in [1.165, 1.54) is 6.42 Å². The van der Waals surface area contributed by atoms with E-state index in [0.29, 0.717) is 0 Å². The number of pyridine rings is 1. The quantitative estimate of drug-likeness (QED) is 0.893. The van der Waals surface area contributed by atoms with E-state index < -0.39 is 0 Å². The zero-order chi connectivity index (χ0) is 13.8. The third-order valence-corrected chi connectivity index (χ3v) is 3.65. The van der Waals surface area contributed by atoms with Gasteiger partial charge >= 0.3 is 0 Å². The van der Waals surface area contributed by atoms with Crippen LogP contribution in [0.2, 0.25) is 0 Å². The number of nitrogens with zero attached hydrogens (tertiary/aromatic N) is 3. The third kappa shape index (κ3) is 2.77. The van der Waals surface area contributed by atoms with Gasteiger partial charge in [0.1, 0.15) is 5.69 Å². The van der Waals surface area contributed by atoms with Crippen LogP contribution in [-0.4, -0.2) is 33.6 Å². The molecule has 2 aromatic heterocycles. The van der Waals surface area contributed by atoms with E-state index in [9.17, 15) is 0 Å².